The van der Waals surface area contributed by atoms with Crippen molar-refractivity contribution in [3.8, 4) is 66.8 Å². The molecule has 0 aliphatic heterocycles. The summed E-state index contributed by atoms with van der Waals surface area (Å²) in [6.07, 6.45) is 0. The Bertz CT molecular complexity index is 3570. The Morgan fingerprint density at radius 2 is 0.662 bits per heavy atom. The topological polar surface area (TPSA) is 3.24 Å². The minimum atomic E-state index is -0.186. The lowest BCUT2D eigenvalue weighted by atomic mass is 9.77. The maximum Gasteiger partial charge on any atom is 0.0465 e. The molecule has 0 aromatic heterocycles. The molecule has 1 nitrogen and oxygen atoms in total. The van der Waals surface area contributed by atoms with Gasteiger partial charge in [-0.2, -0.15) is 0 Å². The molecule has 10 aromatic rings. The number of benzene rings is 10. The summed E-state index contributed by atoms with van der Waals surface area (Å²) in [5, 5.41) is 2.60. The van der Waals surface area contributed by atoms with Crippen molar-refractivity contribution in [1.82, 2.24) is 0 Å². The first-order chi connectivity index (χ1) is 33.0. The van der Waals surface area contributed by atoms with Crippen LogP contribution in [0.25, 0.3) is 77.5 Å². The van der Waals surface area contributed by atoms with Gasteiger partial charge in [-0.25, -0.2) is 0 Å². The zero-order valence-electron chi connectivity index (χ0n) is 39.7. The van der Waals surface area contributed by atoms with Gasteiger partial charge in [0.1, 0.15) is 0 Å². The van der Waals surface area contributed by atoms with Crippen LogP contribution in [0.1, 0.15) is 74.9 Å². The molecule has 0 saturated heterocycles. The maximum atomic E-state index is 2.49. The van der Waals surface area contributed by atoms with Crippen LogP contribution in [0.15, 0.2) is 212 Å². The van der Waals surface area contributed by atoms with E-state index in [1.54, 1.807) is 0 Å². The van der Waals surface area contributed by atoms with Crippen molar-refractivity contribution in [2.75, 3.05) is 4.90 Å². The Morgan fingerprint density at radius 1 is 0.265 bits per heavy atom. The Morgan fingerprint density at radius 3 is 1.24 bits per heavy atom. The normalized spacial score (nSPS) is 15.0. The SMILES string of the molecule is CC1(C)c2ccccc2-c2ccc(N(c3ccc(-c4c5c(c6ccccc6c4-c4ccc(-c6ccccc6)cc4)C(C)(C)c4ccccc4-5)cc3)c3ccc4c(c3)C(C)(C)c3ccccc3-4)cc21. The number of anilines is 3. The van der Waals surface area contributed by atoms with Gasteiger partial charge in [-0.3, -0.25) is 0 Å². The van der Waals surface area contributed by atoms with E-state index in [9.17, 15) is 0 Å². The summed E-state index contributed by atoms with van der Waals surface area (Å²) in [6.45, 7) is 14.3. The summed E-state index contributed by atoms with van der Waals surface area (Å²) in [6, 6.07) is 79.9. The first-order valence-corrected chi connectivity index (χ1v) is 24.3. The van der Waals surface area contributed by atoms with Crippen LogP contribution in [-0.4, -0.2) is 0 Å². The third-order valence-corrected chi connectivity index (χ3v) is 16.1. The monoisotopic (exact) mass is 871 g/mol. The first-order valence-electron chi connectivity index (χ1n) is 24.3. The van der Waals surface area contributed by atoms with Crippen molar-refractivity contribution in [1.29, 1.82) is 0 Å². The molecule has 0 radical (unpaired) electrons. The Kier molecular flexibility index (Phi) is 8.72. The van der Waals surface area contributed by atoms with Crippen molar-refractivity contribution >= 4 is 27.8 Å². The van der Waals surface area contributed by atoms with Crippen LogP contribution in [0.3, 0.4) is 0 Å². The number of nitrogens with zero attached hydrogens (tertiary/aromatic N) is 1. The van der Waals surface area contributed by atoms with E-state index in [0.29, 0.717) is 0 Å². The van der Waals surface area contributed by atoms with Crippen LogP contribution < -0.4 is 4.90 Å². The van der Waals surface area contributed by atoms with Crippen LogP contribution >= 0.6 is 0 Å². The van der Waals surface area contributed by atoms with Gasteiger partial charge in [-0.15, -0.1) is 0 Å². The van der Waals surface area contributed by atoms with Crippen molar-refractivity contribution < 1.29 is 0 Å². The van der Waals surface area contributed by atoms with Crippen LogP contribution in [0.4, 0.5) is 17.1 Å². The average molecular weight is 872 g/mol. The molecule has 13 rings (SSSR count). The standard InChI is InChI=1S/C67H53N/c1-65(2)56-25-15-12-20-49(56)51-38-36-47(40-59(51)65)68(48-37-39-52-50-21-13-16-26-57(50)66(3,4)60(52)41-48)46-34-32-45(33-35-46)62-61(44-30-28-43(29-31-44)42-18-8-7-9-19-42)53-22-10-11-23-54(53)64-63(62)55-24-14-17-27-58(55)67(64,5)6/h7-41H,1-6H3. The van der Waals surface area contributed by atoms with Crippen LogP contribution in [0, 0.1) is 0 Å². The molecule has 0 fully saturated rings. The largest absolute Gasteiger partial charge is 0.310 e. The molecule has 68 heavy (non-hydrogen) atoms. The van der Waals surface area contributed by atoms with E-state index in [-0.39, 0.29) is 16.2 Å². The van der Waals surface area contributed by atoms with E-state index in [4.69, 9.17) is 0 Å². The fourth-order valence-electron chi connectivity index (χ4n) is 12.7. The van der Waals surface area contributed by atoms with Gasteiger partial charge < -0.3 is 4.90 Å². The molecule has 0 unspecified atom stereocenters. The molecule has 0 heterocycles. The molecule has 3 aliphatic rings. The summed E-state index contributed by atoms with van der Waals surface area (Å²) in [5.74, 6) is 0. The lowest BCUT2D eigenvalue weighted by Crippen LogP contribution is -2.18. The summed E-state index contributed by atoms with van der Waals surface area (Å²) < 4.78 is 0. The molecule has 0 bridgehead atoms. The van der Waals surface area contributed by atoms with Gasteiger partial charge in [-0.1, -0.05) is 217 Å². The molecule has 326 valence electrons. The quantitative estimate of drug-likeness (QED) is 0.161. The molecule has 0 amide bonds. The van der Waals surface area contributed by atoms with Gasteiger partial charge in [0, 0.05) is 33.3 Å². The van der Waals surface area contributed by atoms with Gasteiger partial charge in [0.05, 0.1) is 0 Å². The predicted molar refractivity (Wildman–Crippen MR) is 288 cm³/mol. The molecule has 0 atom stereocenters. The van der Waals surface area contributed by atoms with Gasteiger partial charge in [-0.05, 0) is 147 Å². The Labute approximate surface area is 401 Å². The second kappa shape index (κ2) is 14.6. The minimum Gasteiger partial charge on any atom is -0.310 e. The number of hydrogen-bond acceptors (Lipinski definition) is 1. The molecule has 3 aliphatic carbocycles. The van der Waals surface area contributed by atoms with Gasteiger partial charge >= 0.3 is 0 Å². The van der Waals surface area contributed by atoms with E-state index in [1.807, 2.05) is 0 Å². The molecule has 1 heteroatoms. The highest BCUT2D eigenvalue weighted by molar-refractivity contribution is 6.14. The van der Waals surface area contributed by atoms with Gasteiger partial charge in [0.2, 0.25) is 0 Å². The second-order valence-corrected chi connectivity index (χ2v) is 20.8. The van der Waals surface area contributed by atoms with Gasteiger partial charge in [0.25, 0.3) is 0 Å². The van der Waals surface area contributed by atoms with Crippen molar-refractivity contribution in [3.05, 3.63) is 246 Å². The highest BCUT2D eigenvalue weighted by Crippen LogP contribution is 2.59. The summed E-state index contributed by atoms with van der Waals surface area (Å²) >= 11 is 0. The Balaban J connectivity index is 1.03. The Hall–Kier alpha value is -7.74. The molecule has 0 spiro atoms. The lowest BCUT2D eigenvalue weighted by Gasteiger charge is -2.30. The lowest BCUT2D eigenvalue weighted by molar-refractivity contribution is 0.660. The molecule has 0 N–H and O–H groups in total. The maximum absolute atomic E-state index is 2.49. The fraction of sp³-hybridized carbons (Fsp3) is 0.134. The summed E-state index contributed by atoms with van der Waals surface area (Å²) in [7, 11) is 0. The second-order valence-electron chi connectivity index (χ2n) is 20.8. The summed E-state index contributed by atoms with van der Waals surface area (Å²) in [5.41, 5.74) is 26.7. The van der Waals surface area contributed by atoms with E-state index in [0.717, 1.165) is 17.1 Å². The van der Waals surface area contributed by atoms with E-state index in [1.165, 1.54) is 111 Å². The number of fused-ring (bicyclic) bond motifs is 11. The fourth-order valence-corrected chi connectivity index (χ4v) is 12.7. The van der Waals surface area contributed by atoms with Crippen molar-refractivity contribution in [2.45, 2.75) is 57.8 Å². The van der Waals surface area contributed by atoms with Crippen molar-refractivity contribution in [3.63, 3.8) is 0 Å². The van der Waals surface area contributed by atoms with E-state index in [2.05, 4.69) is 259 Å². The third kappa shape index (κ3) is 5.75. The molecular formula is C67H53N. The van der Waals surface area contributed by atoms with Crippen LogP contribution in [0.2, 0.25) is 0 Å². The van der Waals surface area contributed by atoms with E-state index < -0.39 is 0 Å². The number of rotatable bonds is 6. The highest BCUT2D eigenvalue weighted by Gasteiger charge is 2.41. The molecular weight excluding hydrogens is 819 g/mol. The number of hydrogen-bond donors (Lipinski definition) is 0. The molecule has 0 saturated carbocycles. The summed E-state index contributed by atoms with van der Waals surface area (Å²) in [4.78, 5) is 2.49. The zero-order valence-corrected chi connectivity index (χ0v) is 39.7. The highest BCUT2D eigenvalue weighted by atomic mass is 15.1. The minimum absolute atomic E-state index is 0.130. The average Bonchev–Trinajstić information content (AvgIpc) is 3.86. The smallest absolute Gasteiger partial charge is 0.0465 e. The van der Waals surface area contributed by atoms with Crippen LogP contribution in [-0.2, 0) is 16.2 Å². The predicted octanol–water partition coefficient (Wildman–Crippen LogP) is 18.2. The van der Waals surface area contributed by atoms with Crippen LogP contribution in [0.5, 0.6) is 0 Å². The van der Waals surface area contributed by atoms with Crippen molar-refractivity contribution in [2.24, 2.45) is 0 Å². The third-order valence-electron chi connectivity index (χ3n) is 16.1. The van der Waals surface area contributed by atoms with Gasteiger partial charge in [0.15, 0.2) is 0 Å². The van der Waals surface area contributed by atoms with E-state index >= 15 is 0 Å². The first kappa shape index (κ1) is 40.5. The molecule has 10 aromatic carbocycles. The zero-order chi connectivity index (χ0) is 46.1.